The molecule has 3 N–H and O–H groups in total. The molecule has 2 aromatic carbocycles. The van der Waals surface area contributed by atoms with E-state index in [0.717, 1.165) is 0 Å². The van der Waals surface area contributed by atoms with E-state index in [-0.39, 0.29) is 24.3 Å². The highest BCUT2D eigenvalue weighted by Gasteiger charge is 2.58. The highest BCUT2D eigenvalue weighted by molar-refractivity contribution is 6.33. The Labute approximate surface area is 203 Å². The lowest BCUT2D eigenvalue weighted by atomic mass is 9.70. The van der Waals surface area contributed by atoms with Crippen LogP contribution in [-0.4, -0.2) is 47.4 Å². The van der Waals surface area contributed by atoms with Crippen molar-refractivity contribution in [3.63, 3.8) is 0 Å². The number of hydrogen-bond donors (Lipinski definition) is 3. The minimum absolute atomic E-state index is 0.179. The first kappa shape index (κ1) is 24.0. The molecular weight excluding hydrogens is 454 g/mol. The summed E-state index contributed by atoms with van der Waals surface area (Å²) in [5.41, 5.74) is 1.14. The molecule has 2 aromatic rings. The number of nitrogens with zero attached hydrogens (tertiary/aromatic N) is 1. The molecule has 1 saturated heterocycles. The van der Waals surface area contributed by atoms with Gasteiger partial charge in [-0.25, -0.2) is 0 Å². The Morgan fingerprint density at radius 2 is 1.74 bits per heavy atom. The van der Waals surface area contributed by atoms with Crippen LogP contribution in [0.1, 0.15) is 18.5 Å². The Hall–Kier alpha value is -3.16. The van der Waals surface area contributed by atoms with Gasteiger partial charge in [0.15, 0.2) is 0 Å². The number of nitrogens with one attached hydrogen (secondary N) is 2. The molecule has 4 rings (SSSR count). The molecule has 1 aliphatic carbocycles. The minimum atomic E-state index is -0.929. The number of carbonyl (C=O) groups is 3. The Morgan fingerprint density at radius 1 is 1.06 bits per heavy atom. The van der Waals surface area contributed by atoms with Crippen molar-refractivity contribution in [2.45, 2.75) is 19.0 Å². The molecule has 1 fully saturated rings. The number of amides is 3. The normalized spacial score (nSPS) is 26.6. The third-order valence-electron chi connectivity index (χ3n) is 6.85. The number of allylic oxidation sites excluding steroid dienone is 1. The van der Waals surface area contributed by atoms with E-state index in [9.17, 15) is 19.5 Å². The lowest BCUT2D eigenvalue weighted by Gasteiger charge is -2.33. The van der Waals surface area contributed by atoms with E-state index >= 15 is 0 Å². The van der Waals surface area contributed by atoms with Crippen molar-refractivity contribution in [2.24, 2.45) is 23.7 Å². The van der Waals surface area contributed by atoms with Gasteiger partial charge < -0.3 is 20.6 Å². The summed E-state index contributed by atoms with van der Waals surface area (Å²) < 4.78 is 0. The number of benzene rings is 2. The fraction of sp³-hybridized carbons (Fsp3) is 0.346. The maximum absolute atomic E-state index is 13.9. The molecule has 2 aliphatic rings. The lowest BCUT2D eigenvalue weighted by molar-refractivity contribution is -0.142. The summed E-state index contributed by atoms with van der Waals surface area (Å²) in [5.74, 6) is -3.04. The van der Waals surface area contributed by atoms with Crippen molar-refractivity contribution in [2.75, 3.05) is 19.0 Å². The van der Waals surface area contributed by atoms with Gasteiger partial charge in [-0.05, 0) is 23.6 Å². The Bertz CT molecular complexity index is 1110. The summed E-state index contributed by atoms with van der Waals surface area (Å²) in [6, 6.07) is 14.3. The smallest absolute Gasteiger partial charge is 0.247 e. The fourth-order valence-electron chi connectivity index (χ4n) is 5.24. The number of anilines is 1. The van der Waals surface area contributed by atoms with Crippen molar-refractivity contribution in [3.8, 4) is 0 Å². The van der Waals surface area contributed by atoms with Crippen LogP contribution in [0.3, 0.4) is 0 Å². The van der Waals surface area contributed by atoms with E-state index < -0.39 is 35.7 Å². The molecule has 0 radical (unpaired) electrons. The Morgan fingerprint density at radius 3 is 2.38 bits per heavy atom. The molecular formula is C26H28ClN3O4. The van der Waals surface area contributed by atoms with Crippen LogP contribution in [0.15, 0.2) is 66.7 Å². The van der Waals surface area contributed by atoms with Gasteiger partial charge in [0.2, 0.25) is 17.7 Å². The summed E-state index contributed by atoms with van der Waals surface area (Å²) in [5, 5.41) is 16.3. The van der Waals surface area contributed by atoms with Crippen LogP contribution in [0.4, 0.5) is 5.69 Å². The average Bonchev–Trinajstić information content (AvgIpc) is 3.13. The first-order valence-corrected chi connectivity index (χ1v) is 11.7. The molecule has 178 valence electrons. The van der Waals surface area contributed by atoms with E-state index in [4.69, 9.17) is 11.6 Å². The second-order valence-electron chi connectivity index (χ2n) is 8.76. The Kier molecular flexibility index (Phi) is 7.05. The zero-order valence-electron chi connectivity index (χ0n) is 19.0. The van der Waals surface area contributed by atoms with Gasteiger partial charge in [0.1, 0.15) is 6.04 Å². The van der Waals surface area contributed by atoms with E-state index in [1.54, 1.807) is 31.3 Å². The summed E-state index contributed by atoms with van der Waals surface area (Å²) in [6.07, 6.45) is 3.76. The van der Waals surface area contributed by atoms with Crippen LogP contribution in [-0.2, 0) is 14.4 Å². The van der Waals surface area contributed by atoms with Gasteiger partial charge in [-0.1, -0.05) is 73.1 Å². The second-order valence-corrected chi connectivity index (χ2v) is 9.16. The first-order chi connectivity index (χ1) is 16.4. The first-order valence-electron chi connectivity index (χ1n) is 11.3. The zero-order valence-corrected chi connectivity index (χ0v) is 19.8. The predicted octanol–water partition coefficient (Wildman–Crippen LogP) is 3.02. The van der Waals surface area contributed by atoms with Crippen molar-refractivity contribution in [1.82, 2.24) is 10.2 Å². The topological polar surface area (TPSA) is 98.7 Å². The number of halogens is 1. The Balaban J connectivity index is 1.79. The van der Waals surface area contributed by atoms with Crippen molar-refractivity contribution in [3.05, 3.63) is 77.3 Å². The highest BCUT2D eigenvalue weighted by atomic mass is 35.5. The molecule has 0 spiro atoms. The molecule has 0 aromatic heterocycles. The molecule has 1 heterocycles. The predicted molar refractivity (Wildman–Crippen MR) is 130 cm³/mol. The zero-order chi connectivity index (χ0) is 24.4. The number of hydrogen-bond acceptors (Lipinski definition) is 4. The van der Waals surface area contributed by atoms with Crippen molar-refractivity contribution < 1.29 is 19.5 Å². The molecule has 7 nitrogen and oxygen atoms in total. The molecule has 34 heavy (non-hydrogen) atoms. The second kappa shape index (κ2) is 9.99. The lowest BCUT2D eigenvalue weighted by Crippen LogP contribution is -2.47. The average molecular weight is 482 g/mol. The third kappa shape index (κ3) is 4.21. The van der Waals surface area contributed by atoms with Crippen LogP contribution in [0, 0.1) is 23.7 Å². The minimum Gasteiger partial charge on any atom is -0.394 e. The van der Waals surface area contributed by atoms with Crippen molar-refractivity contribution in [1.29, 1.82) is 0 Å². The molecule has 0 saturated carbocycles. The maximum Gasteiger partial charge on any atom is 0.247 e. The van der Waals surface area contributed by atoms with Crippen LogP contribution in [0.25, 0.3) is 0 Å². The highest BCUT2D eigenvalue weighted by Crippen LogP contribution is 2.47. The molecule has 6 atom stereocenters. The quantitative estimate of drug-likeness (QED) is 0.552. The number of likely N-dealkylation sites (tertiary alicyclic amines) is 1. The molecule has 3 amide bonds. The van der Waals surface area contributed by atoms with Gasteiger partial charge in [-0.2, -0.15) is 0 Å². The van der Waals surface area contributed by atoms with Gasteiger partial charge >= 0.3 is 0 Å². The molecule has 0 bridgehead atoms. The third-order valence-corrected chi connectivity index (χ3v) is 7.18. The molecule has 1 aliphatic heterocycles. The van der Waals surface area contributed by atoms with Gasteiger partial charge in [0.25, 0.3) is 0 Å². The fourth-order valence-corrected chi connectivity index (χ4v) is 5.42. The maximum atomic E-state index is 13.9. The van der Waals surface area contributed by atoms with Crippen molar-refractivity contribution >= 4 is 35.0 Å². The van der Waals surface area contributed by atoms with Gasteiger partial charge in [0, 0.05) is 13.0 Å². The van der Waals surface area contributed by atoms with Crippen LogP contribution < -0.4 is 10.6 Å². The SMILES string of the molecule is CNC(=O)[C@H]1[C@H]2C(=O)N([C@H](CO)c3ccccc3)[C@H](C(=O)Nc3ccccc3Cl)[C@H]2C=C[C@H]1C. The van der Waals surface area contributed by atoms with Gasteiger partial charge in [-0.3, -0.25) is 14.4 Å². The van der Waals surface area contributed by atoms with Gasteiger partial charge in [0.05, 0.1) is 35.2 Å². The number of fused-ring (bicyclic) bond motifs is 1. The van der Waals surface area contributed by atoms with E-state index in [1.165, 1.54) is 4.90 Å². The van der Waals surface area contributed by atoms with E-state index in [1.807, 2.05) is 49.4 Å². The number of para-hydroxylation sites is 1. The van der Waals surface area contributed by atoms with Crippen LogP contribution >= 0.6 is 11.6 Å². The number of aliphatic hydroxyl groups is 1. The van der Waals surface area contributed by atoms with Gasteiger partial charge in [-0.15, -0.1) is 0 Å². The monoisotopic (exact) mass is 481 g/mol. The largest absolute Gasteiger partial charge is 0.394 e. The number of carbonyl (C=O) groups excluding carboxylic acids is 3. The summed E-state index contributed by atoms with van der Waals surface area (Å²) >= 11 is 6.26. The molecule has 0 unspecified atom stereocenters. The number of rotatable bonds is 6. The molecule has 8 heteroatoms. The van der Waals surface area contributed by atoms with Crippen LogP contribution in [0.2, 0.25) is 5.02 Å². The summed E-state index contributed by atoms with van der Waals surface area (Å²) in [6.45, 7) is 1.52. The summed E-state index contributed by atoms with van der Waals surface area (Å²) in [7, 11) is 1.54. The number of aliphatic hydroxyl groups excluding tert-OH is 1. The summed E-state index contributed by atoms with van der Waals surface area (Å²) in [4.78, 5) is 41.9. The standard InChI is InChI=1S/C26H28ClN3O4/c1-15-12-13-17-22(21(15)24(32)28-2)26(34)30(20(14-31)16-8-4-3-5-9-16)23(17)25(33)29-19-11-7-6-10-18(19)27/h3-13,15,17,20-23,31H,14H2,1-2H3,(H,28,32)(H,29,33)/t15-,17+,20-,21-,22+,23+/m1/s1. The van der Waals surface area contributed by atoms with Crippen LogP contribution in [0.5, 0.6) is 0 Å². The van der Waals surface area contributed by atoms with E-state index in [2.05, 4.69) is 10.6 Å². The van der Waals surface area contributed by atoms with E-state index in [0.29, 0.717) is 16.3 Å².